The molecule has 4 amide bonds. The Balaban J connectivity index is 1.69. The van der Waals surface area contributed by atoms with Crippen LogP contribution in [0.5, 0.6) is 11.5 Å². The fourth-order valence-corrected chi connectivity index (χ4v) is 4.41. The number of carbonyl (C=O) groups is 3. The molecule has 0 bridgehead atoms. The molecule has 1 saturated heterocycles. The van der Waals surface area contributed by atoms with Gasteiger partial charge < -0.3 is 9.47 Å². The maximum absolute atomic E-state index is 13.3. The second-order valence-corrected chi connectivity index (χ2v) is 8.88. The molecule has 7 nitrogen and oxygen atoms in total. The Labute approximate surface area is 224 Å². The van der Waals surface area contributed by atoms with Gasteiger partial charge >= 0.3 is 6.03 Å². The molecule has 0 unspecified atom stereocenters. The average molecular weight is 539 g/mol. The fourth-order valence-electron chi connectivity index (χ4n) is 3.92. The van der Waals surface area contributed by atoms with Crippen molar-refractivity contribution in [3.8, 4) is 11.5 Å². The number of nitrogens with zero attached hydrogens (tertiary/aromatic N) is 1. The van der Waals surface area contributed by atoms with Crippen molar-refractivity contribution in [2.24, 2.45) is 0 Å². The second kappa shape index (κ2) is 11.5. The van der Waals surface area contributed by atoms with Crippen LogP contribution in [0, 0.1) is 0 Å². The van der Waals surface area contributed by atoms with Gasteiger partial charge in [0.1, 0.15) is 17.1 Å². The lowest BCUT2D eigenvalue weighted by atomic mass is 10.00. The SMILES string of the molecule is CCOc1ccc(N2C(=O)NC(=O)/C(=C\c3cc(Cl)c(Cc4ccccc4Cl)c(OCC)c3)C2=O)cc1. The van der Waals surface area contributed by atoms with Crippen LogP contribution < -0.4 is 19.7 Å². The number of imide groups is 2. The van der Waals surface area contributed by atoms with Gasteiger partial charge in [-0.05, 0) is 73.5 Å². The van der Waals surface area contributed by atoms with Crippen LogP contribution in [-0.4, -0.2) is 31.1 Å². The van der Waals surface area contributed by atoms with Crippen LogP contribution in [-0.2, 0) is 16.0 Å². The first-order chi connectivity index (χ1) is 17.8. The third kappa shape index (κ3) is 5.79. The second-order valence-electron chi connectivity index (χ2n) is 8.07. The highest BCUT2D eigenvalue weighted by Gasteiger charge is 2.37. The Morgan fingerprint density at radius 3 is 2.27 bits per heavy atom. The van der Waals surface area contributed by atoms with Gasteiger partial charge in [-0.25, -0.2) is 9.69 Å². The van der Waals surface area contributed by atoms with Crippen LogP contribution in [0.15, 0.2) is 66.2 Å². The largest absolute Gasteiger partial charge is 0.494 e. The Bertz CT molecular complexity index is 1390. The first kappa shape index (κ1) is 26.3. The van der Waals surface area contributed by atoms with Gasteiger partial charge in [0.15, 0.2) is 0 Å². The molecule has 3 aromatic rings. The van der Waals surface area contributed by atoms with Gasteiger partial charge in [0, 0.05) is 22.0 Å². The van der Waals surface area contributed by atoms with Crippen LogP contribution >= 0.6 is 23.2 Å². The fraction of sp³-hybridized carbons (Fsp3) is 0.179. The summed E-state index contributed by atoms with van der Waals surface area (Å²) in [5, 5.41) is 3.22. The van der Waals surface area contributed by atoms with Gasteiger partial charge in [-0.2, -0.15) is 0 Å². The predicted octanol–water partition coefficient (Wildman–Crippen LogP) is 6.05. The van der Waals surface area contributed by atoms with E-state index >= 15 is 0 Å². The molecule has 0 aromatic heterocycles. The van der Waals surface area contributed by atoms with Gasteiger partial charge in [-0.3, -0.25) is 14.9 Å². The van der Waals surface area contributed by atoms with E-state index in [1.54, 1.807) is 42.5 Å². The number of hydrogen-bond donors (Lipinski definition) is 1. The molecule has 1 aliphatic heterocycles. The third-order valence-corrected chi connectivity index (χ3v) is 6.33. The smallest absolute Gasteiger partial charge is 0.335 e. The number of nitrogens with one attached hydrogen (secondary N) is 1. The predicted molar refractivity (Wildman–Crippen MR) is 143 cm³/mol. The van der Waals surface area contributed by atoms with Gasteiger partial charge in [0.2, 0.25) is 0 Å². The number of hydrogen-bond acceptors (Lipinski definition) is 5. The summed E-state index contributed by atoms with van der Waals surface area (Å²) in [6.45, 7) is 4.56. The number of barbiturate groups is 1. The minimum Gasteiger partial charge on any atom is -0.494 e. The number of rotatable bonds is 8. The van der Waals surface area contributed by atoms with Crippen molar-refractivity contribution in [3.05, 3.63) is 93.0 Å². The molecule has 0 saturated carbocycles. The maximum Gasteiger partial charge on any atom is 0.335 e. The number of urea groups is 1. The number of anilines is 1. The number of ether oxygens (including phenoxy) is 2. The molecular formula is C28H24Cl2N2O5. The number of halogens is 2. The topological polar surface area (TPSA) is 84.9 Å². The molecule has 190 valence electrons. The van der Waals surface area contributed by atoms with Crippen molar-refractivity contribution in [2.45, 2.75) is 20.3 Å². The molecule has 1 fully saturated rings. The quantitative estimate of drug-likeness (QED) is 0.278. The zero-order valence-corrected chi connectivity index (χ0v) is 21.7. The van der Waals surface area contributed by atoms with E-state index < -0.39 is 17.8 Å². The van der Waals surface area contributed by atoms with Crippen LogP contribution in [0.2, 0.25) is 10.0 Å². The van der Waals surface area contributed by atoms with E-state index in [1.165, 1.54) is 6.08 Å². The van der Waals surface area contributed by atoms with E-state index in [9.17, 15) is 14.4 Å². The van der Waals surface area contributed by atoms with Gasteiger partial charge in [0.05, 0.1) is 18.9 Å². The van der Waals surface area contributed by atoms with E-state index in [2.05, 4.69) is 5.32 Å². The summed E-state index contributed by atoms with van der Waals surface area (Å²) in [5.41, 5.74) is 2.16. The molecular weight excluding hydrogens is 515 g/mol. The highest BCUT2D eigenvalue weighted by Crippen LogP contribution is 2.34. The monoisotopic (exact) mass is 538 g/mol. The molecule has 0 radical (unpaired) electrons. The summed E-state index contributed by atoms with van der Waals surface area (Å²) in [5.74, 6) is -0.457. The van der Waals surface area contributed by atoms with E-state index in [4.69, 9.17) is 32.7 Å². The summed E-state index contributed by atoms with van der Waals surface area (Å²) in [6, 6.07) is 16.4. The van der Waals surface area contributed by atoms with Gasteiger partial charge in [-0.1, -0.05) is 41.4 Å². The highest BCUT2D eigenvalue weighted by molar-refractivity contribution is 6.39. The summed E-state index contributed by atoms with van der Waals surface area (Å²) < 4.78 is 11.2. The van der Waals surface area contributed by atoms with Gasteiger partial charge in [0.25, 0.3) is 11.8 Å². The first-order valence-corrected chi connectivity index (χ1v) is 12.4. The summed E-state index contributed by atoms with van der Waals surface area (Å²) in [6.07, 6.45) is 1.82. The normalized spacial score (nSPS) is 14.6. The standard InChI is InChI=1S/C28H24Cl2N2O5/c1-3-36-20-11-9-19(10-12-20)32-27(34)22(26(33)31-28(32)35)13-17-14-24(30)21(25(15-17)37-4-2)16-18-7-5-6-8-23(18)29/h5-15H,3-4,16H2,1-2H3,(H,31,33,35)/b22-13+. The molecule has 1 heterocycles. The van der Waals surface area contributed by atoms with Crippen molar-refractivity contribution < 1.29 is 23.9 Å². The third-order valence-electron chi connectivity index (χ3n) is 5.62. The lowest BCUT2D eigenvalue weighted by molar-refractivity contribution is -0.122. The van der Waals surface area contributed by atoms with E-state index in [0.717, 1.165) is 16.0 Å². The number of carbonyl (C=O) groups excluding carboxylic acids is 3. The van der Waals surface area contributed by atoms with Crippen molar-refractivity contribution in [3.63, 3.8) is 0 Å². The number of amides is 4. The van der Waals surface area contributed by atoms with Gasteiger partial charge in [-0.15, -0.1) is 0 Å². The summed E-state index contributed by atoms with van der Waals surface area (Å²) in [4.78, 5) is 39.3. The lowest BCUT2D eigenvalue weighted by Crippen LogP contribution is -2.54. The molecule has 3 aromatic carbocycles. The molecule has 4 rings (SSSR count). The Kier molecular flexibility index (Phi) is 8.16. The van der Waals surface area contributed by atoms with E-state index in [0.29, 0.717) is 52.4 Å². The molecule has 1 aliphatic rings. The van der Waals surface area contributed by atoms with Crippen molar-refractivity contribution in [1.82, 2.24) is 5.32 Å². The highest BCUT2D eigenvalue weighted by atomic mass is 35.5. The molecule has 9 heteroatoms. The zero-order valence-electron chi connectivity index (χ0n) is 20.2. The summed E-state index contributed by atoms with van der Waals surface area (Å²) in [7, 11) is 0. The Morgan fingerprint density at radius 2 is 1.59 bits per heavy atom. The minimum absolute atomic E-state index is 0.217. The molecule has 1 N–H and O–H groups in total. The number of benzene rings is 3. The maximum atomic E-state index is 13.3. The average Bonchev–Trinajstić information content (AvgIpc) is 2.86. The van der Waals surface area contributed by atoms with Crippen molar-refractivity contribution >= 4 is 52.8 Å². The summed E-state index contributed by atoms with van der Waals surface area (Å²) >= 11 is 13.0. The lowest BCUT2D eigenvalue weighted by Gasteiger charge is -2.26. The molecule has 37 heavy (non-hydrogen) atoms. The van der Waals surface area contributed by atoms with E-state index in [-0.39, 0.29) is 5.57 Å². The van der Waals surface area contributed by atoms with E-state index in [1.807, 2.05) is 32.0 Å². The van der Waals surface area contributed by atoms with Crippen LogP contribution in [0.3, 0.4) is 0 Å². The van der Waals surface area contributed by atoms with Crippen LogP contribution in [0.1, 0.15) is 30.5 Å². The molecule has 0 aliphatic carbocycles. The Hall–Kier alpha value is -3.81. The van der Waals surface area contributed by atoms with Crippen LogP contribution in [0.4, 0.5) is 10.5 Å². The van der Waals surface area contributed by atoms with Crippen molar-refractivity contribution in [2.75, 3.05) is 18.1 Å². The van der Waals surface area contributed by atoms with Crippen molar-refractivity contribution in [1.29, 1.82) is 0 Å². The molecule has 0 atom stereocenters. The zero-order chi connectivity index (χ0) is 26.5. The minimum atomic E-state index is -0.834. The first-order valence-electron chi connectivity index (χ1n) is 11.6. The molecule has 0 spiro atoms. The Morgan fingerprint density at radius 1 is 0.892 bits per heavy atom. The van der Waals surface area contributed by atoms with Crippen LogP contribution in [0.25, 0.3) is 6.08 Å².